The van der Waals surface area contributed by atoms with Gasteiger partial charge >= 0.3 is 5.97 Å². The van der Waals surface area contributed by atoms with Gasteiger partial charge in [0.05, 0.1) is 6.61 Å². The van der Waals surface area contributed by atoms with Gasteiger partial charge in [-0.2, -0.15) is 0 Å². The van der Waals surface area contributed by atoms with Crippen LogP contribution in [0.5, 0.6) is 5.75 Å². The second-order valence-electron chi connectivity index (χ2n) is 6.53. The summed E-state index contributed by atoms with van der Waals surface area (Å²) in [5.41, 5.74) is 3.18. The molecule has 0 radical (unpaired) electrons. The maximum absolute atomic E-state index is 12.2. The van der Waals surface area contributed by atoms with Gasteiger partial charge in [-0.15, -0.1) is 0 Å². The lowest BCUT2D eigenvalue weighted by Gasteiger charge is -2.05. The minimum Gasteiger partial charge on any atom is -0.494 e. The highest BCUT2D eigenvalue weighted by Crippen LogP contribution is 2.22. The predicted molar refractivity (Wildman–Crippen MR) is 103 cm³/mol. The number of cyclic esters (lactones) is 1. The Morgan fingerprint density at radius 1 is 1.15 bits per heavy atom. The van der Waals surface area contributed by atoms with E-state index >= 15 is 0 Å². The molecule has 1 aliphatic heterocycles. The Morgan fingerprint density at radius 2 is 1.92 bits per heavy atom. The van der Waals surface area contributed by atoms with E-state index in [9.17, 15) is 4.79 Å². The smallest absolute Gasteiger partial charge is 0.363 e. The molecule has 0 atom stereocenters. The minimum absolute atomic E-state index is 0.292. The number of esters is 1. The van der Waals surface area contributed by atoms with Gasteiger partial charge in [-0.05, 0) is 53.8 Å². The molecule has 0 saturated heterocycles. The van der Waals surface area contributed by atoms with Crippen molar-refractivity contribution < 1.29 is 14.3 Å². The maximum Gasteiger partial charge on any atom is 0.363 e. The Balaban J connectivity index is 1.82. The van der Waals surface area contributed by atoms with E-state index in [1.54, 1.807) is 6.08 Å². The summed E-state index contributed by atoms with van der Waals surface area (Å²) in [6, 6.07) is 15.5. The van der Waals surface area contributed by atoms with Crippen LogP contribution >= 0.6 is 0 Å². The molecule has 0 fully saturated rings. The third-order valence-electron chi connectivity index (χ3n) is 4.08. The van der Waals surface area contributed by atoms with Crippen molar-refractivity contribution in [2.45, 2.75) is 33.1 Å². The van der Waals surface area contributed by atoms with Crippen molar-refractivity contribution in [2.75, 3.05) is 6.61 Å². The minimum atomic E-state index is -0.437. The van der Waals surface area contributed by atoms with E-state index in [0.717, 1.165) is 23.3 Å². The van der Waals surface area contributed by atoms with Crippen LogP contribution in [0, 0.1) is 0 Å². The largest absolute Gasteiger partial charge is 0.494 e. The fourth-order valence-electron chi connectivity index (χ4n) is 2.62. The monoisotopic (exact) mass is 349 g/mol. The molecule has 26 heavy (non-hydrogen) atoms. The normalized spacial score (nSPS) is 15.3. The molecule has 4 nitrogen and oxygen atoms in total. The zero-order chi connectivity index (χ0) is 18.5. The summed E-state index contributed by atoms with van der Waals surface area (Å²) in [7, 11) is 0. The molecule has 0 saturated carbocycles. The van der Waals surface area contributed by atoms with Gasteiger partial charge in [0.25, 0.3) is 0 Å². The number of benzene rings is 2. The molecule has 134 valence electrons. The summed E-state index contributed by atoms with van der Waals surface area (Å²) in [4.78, 5) is 16.5. The molecular formula is C22H23NO3. The Kier molecular flexibility index (Phi) is 5.52. The first-order valence-electron chi connectivity index (χ1n) is 8.92. The maximum atomic E-state index is 12.2. The van der Waals surface area contributed by atoms with Crippen LogP contribution in [0.15, 0.2) is 59.2 Å². The summed E-state index contributed by atoms with van der Waals surface area (Å²) in [5.74, 6) is 1.14. The van der Waals surface area contributed by atoms with Crippen molar-refractivity contribution in [3.8, 4) is 5.75 Å². The Labute approximate surface area is 154 Å². The summed E-state index contributed by atoms with van der Waals surface area (Å²) < 4.78 is 11.0. The number of carbonyl (C=O) groups is 1. The van der Waals surface area contributed by atoms with E-state index < -0.39 is 5.97 Å². The van der Waals surface area contributed by atoms with Gasteiger partial charge in [0.1, 0.15) is 5.75 Å². The lowest BCUT2D eigenvalue weighted by Crippen LogP contribution is -2.05. The molecule has 1 aliphatic rings. The van der Waals surface area contributed by atoms with Crippen LogP contribution in [-0.2, 0) is 9.53 Å². The lowest BCUT2D eigenvalue weighted by molar-refractivity contribution is -0.129. The molecule has 2 aromatic rings. The Morgan fingerprint density at radius 3 is 2.62 bits per heavy atom. The fraction of sp³-hybridized carbons (Fsp3) is 0.273. The van der Waals surface area contributed by atoms with Gasteiger partial charge in [0, 0.05) is 5.56 Å². The lowest BCUT2D eigenvalue weighted by atomic mass is 10.0. The highest BCUT2D eigenvalue weighted by atomic mass is 16.6. The molecule has 0 unspecified atom stereocenters. The van der Waals surface area contributed by atoms with Crippen LogP contribution in [0.4, 0.5) is 0 Å². The van der Waals surface area contributed by atoms with Crippen molar-refractivity contribution in [1.82, 2.24) is 0 Å². The van der Waals surface area contributed by atoms with Crippen molar-refractivity contribution in [3.05, 3.63) is 70.9 Å². The first-order chi connectivity index (χ1) is 12.6. The first-order valence-corrected chi connectivity index (χ1v) is 8.92. The topological polar surface area (TPSA) is 47.9 Å². The molecule has 0 aliphatic carbocycles. The van der Waals surface area contributed by atoms with Crippen LogP contribution in [0.25, 0.3) is 6.08 Å². The molecule has 2 aromatic carbocycles. The molecule has 0 bridgehead atoms. The molecule has 0 amide bonds. The molecule has 0 N–H and O–H groups in total. The average molecular weight is 349 g/mol. The summed E-state index contributed by atoms with van der Waals surface area (Å²) in [5, 5.41) is 0. The SMILES string of the molecule is CCCOc1cccc(/C=C2\N=C(c3ccc(C(C)C)cc3)OC2=O)c1. The molecule has 4 heteroatoms. The number of ether oxygens (including phenoxy) is 2. The fourth-order valence-corrected chi connectivity index (χ4v) is 2.62. The second-order valence-corrected chi connectivity index (χ2v) is 6.53. The summed E-state index contributed by atoms with van der Waals surface area (Å²) in [6.45, 7) is 7.00. The Hall–Kier alpha value is -2.88. The van der Waals surface area contributed by atoms with Crippen molar-refractivity contribution >= 4 is 17.9 Å². The second kappa shape index (κ2) is 8.00. The van der Waals surface area contributed by atoms with Crippen LogP contribution in [-0.4, -0.2) is 18.5 Å². The van der Waals surface area contributed by atoms with Crippen LogP contribution in [0.3, 0.4) is 0 Å². The molecule has 0 spiro atoms. The number of hydrogen-bond acceptors (Lipinski definition) is 4. The molecule has 0 aromatic heterocycles. The first kappa shape index (κ1) is 17.9. The standard InChI is InChI=1S/C22H23NO3/c1-4-12-25-19-7-5-6-16(13-19)14-20-22(24)26-21(23-20)18-10-8-17(9-11-18)15(2)3/h5-11,13-15H,4,12H2,1-3H3/b20-14-. The van der Waals surface area contributed by atoms with E-state index in [-0.39, 0.29) is 0 Å². The van der Waals surface area contributed by atoms with Gasteiger partial charge in [-0.3, -0.25) is 0 Å². The van der Waals surface area contributed by atoms with E-state index in [4.69, 9.17) is 9.47 Å². The van der Waals surface area contributed by atoms with Crippen molar-refractivity contribution in [3.63, 3.8) is 0 Å². The van der Waals surface area contributed by atoms with E-state index in [1.165, 1.54) is 5.56 Å². The van der Waals surface area contributed by atoms with E-state index in [1.807, 2.05) is 48.5 Å². The number of aliphatic imine (C=N–C) groups is 1. The van der Waals surface area contributed by atoms with Crippen LogP contribution < -0.4 is 4.74 Å². The summed E-state index contributed by atoms with van der Waals surface area (Å²) in [6.07, 6.45) is 2.66. The van der Waals surface area contributed by atoms with Gasteiger partial charge in [0.2, 0.25) is 5.90 Å². The number of carbonyl (C=O) groups excluding carboxylic acids is 1. The van der Waals surface area contributed by atoms with Crippen molar-refractivity contribution in [2.24, 2.45) is 4.99 Å². The molecular weight excluding hydrogens is 326 g/mol. The van der Waals surface area contributed by atoms with Gasteiger partial charge in [-0.25, -0.2) is 9.79 Å². The number of nitrogens with zero attached hydrogens (tertiary/aromatic N) is 1. The highest BCUT2D eigenvalue weighted by Gasteiger charge is 2.24. The van der Waals surface area contributed by atoms with Crippen molar-refractivity contribution in [1.29, 1.82) is 0 Å². The average Bonchev–Trinajstić information content (AvgIpc) is 3.01. The predicted octanol–water partition coefficient (Wildman–Crippen LogP) is 4.94. The Bertz CT molecular complexity index is 848. The van der Waals surface area contributed by atoms with Crippen LogP contribution in [0.1, 0.15) is 49.8 Å². The zero-order valence-corrected chi connectivity index (χ0v) is 15.4. The van der Waals surface area contributed by atoms with Gasteiger partial charge in [-0.1, -0.05) is 45.0 Å². The van der Waals surface area contributed by atoms with E-state index in [2.05, 4.69) is 25.8 Å². The highest BCUT2D eigenvalue weighted by molar-refractivity contribution is 6.12. The van der Waals surface area contributed by atoms with E-state index in [0.29, 0.717) is 24.1 Å². The van der Waals surface area contributed by atoms with Crippen LogP contribution in [0.2, 0.25) is 0 Å². The van der Waals surface area contributed by atoms with Gasteiger partial charge in [0.15, 0.2) is 5.70 Å². The summed E-state index contributed by atoms with van der Waals surface area (Å²) >= 11 is 0. The van der Waals surface area contributed by atoms with Gasteiger partial charge < -0.3 is 9.47 Å². The third-order valence-corrected chi connectivity index (χ3v) is 4.08. The zero-order valence-electron chi connectivity index (χ0n) is 15.4. The molecule has 3 rings (SSSR count). The third kappa shape index (κ3) is 4.20. The quantitative estimate of drug-likeness (QED) is 0.548. The molecule has 1 heterocycles. The number of rotatable bonds is 6. The number of hydrogen-bond donors (Lipinski definition) is 0.